The summed E-state index contributed by atoms with van der Waals surface area (Å²) in [5.74, 6) is 1.16. The first-order valence-corrected chi connectivity index (χ1v) is 7.82. The molecule has 0 saturated heterocycles. The van der Waals surface area contributed by atoms with Crippen molar-refractivity contribution < 1.29 is 0 Å². The second kappa shape index (κ2) is 5.59. The van der Waals surface area contributed by atoms with Crippen molar-refractivity contribution in [3.63, 3.8) is 0 Å². The van der Waals surface area contributed by atoms with E-state index in [1.165, 1.54) is 14.4 Å². The fraction of sp³-hybridized carbons (Fsp3) is 1.00. The minimum absolute atomic E-state index is 1.16. The monoisotopic (exact) mass is 220 g/mol. The fourth-order valence-corrected chi connectivity index (χ4v) is 4.03. The van der Waals surface area contributed by atoms with Crippen LogP contribution in [0.5, 0.6) is 0 Å². The van der Waals surface area contributed by atoms with Gasteiger partial charge in [0.25, 0.3) is 0 Å². The zero-order valence-corrected chi connectivity index (χ0v) is 7.24. The first-order valence-electron chi connectivity index (χ1n) is 1.50. The third-order valence-corrected chi connectivity index (χ3v) is 5.62. The highest BCUT2D eigenvalue weighted by Gasteiger charge is 1.68. The molecule has 0 amide bonds. The van der Waals surface area contributed by atoms with Gasteiger partial charge in [0.2, 0.25) is 0 Å². The summed E-state index contributed by atoms with van der Waals surface area (Å²) in [6.07, 6.45) is 1.38. The molecule has 0 bridgehead atoms. The van der Waals surface area contributed by atoms with Crippen LogP contribution < -0.4 is 0 Å². The summed E-state index contributed by atoms with van der Waals surface area (Å²) in [6, 6.07) is 0. The van der Waals surface area contributed by atoms with E-state index in [1.54, 1.807) is 0 Å². The van der Waals surface area contributed by atoms with Gasteiger partial charge < -0.3 is 0 Å². The number of halogens is 1. The van der Waals surface area contributed by atoms with E-state index in [4.69, 9.17) is 0 Å². The summed E-state index contributed by atoms with van der Waals surface area (Å²) in [5, 5.41) is 0. The number of hydrogen-bond donors (Lipinski definition) is 0. The van der Waals surface area contributed by atoms with Crippen LogP contribution in [0.25, 0.3) is 0 Å². The minimum Gasteiger partial charge on any atom is -0.0890 e. The van der Waals surface area contributed by atoms with Gasteiger partial charge in [0, 0.05) is 0 Å². The summed E-state index contributed by atoms with van der Waals surface area (Å²) in [7, 11) is 1.21. The van der Waals surface area contributed by atoms with Crippen LogP contribution in [-0.4, -0.2) is 6.16 Å². The molecule has 0 rings (SSSR count). The minimum atomic E-state index is 1.16. The molecular formula is C2H7IP2. The maximum Gasteiger partial charge on any atom is -0.0332 e. The van der Waals surface area contributed by atoms with Gasteiger partial charge in [-0.15, -0.1) is 0 Å². The van der Waals surface area contributed by atoms with E-state index in [2.05, 4.69) is 29.0 Å². The molecule has 0 heterocycles. The van der Waals surface area contributed by atoms with Crippen LogP contribution in [0.1, 0.15) is 6.92 Å². The molecule has 0 aromatic heterocycles. The Morgan fingerprint density at radius 2 is 2.40 bits per heavy atom. The Morgan fingerprint density at radius 3 is 2.40 bits per heavy atom. The van der Waals surface area contributed by atoms with E-state index in [0.717, 1.165) is 5.91 Å². The molecule has 0 saturated carbocycles. The Morgan fingerprint density at radius 1 is 1.80 bits per heavy atom. The van der Waals surface area contributed by atoms with E-state index in [0.29, 0.717) is 0 Å². The van der Waals surface area contributed by atoms with Crippen molar-refractivity contribution in [2.75, 3.05) is 6.16 Å². The molecule has 5 heavy (non-hydrogen) atoms. The Balaban J connectivity index is 2.19. The quantitative estimate of drug-likeness (QED) is 0.495. The van der Waals surface area contributed by atoms with Gasteiger partial charge in [-0.2, -0.15) is 0 Å². The molecule has 0 aromatic carbocycles. The van der Waals surface area contributed by atoms with Crippen LogP contribution in [0, 0.1) is 0 Å². The maximum atomic E-state index is 2.43. The van der Waals surface area contributed by atoms with E-state index >= 15 is 0 Å². The lowest BCUT2D eigenvalue weighted by Gasteiger charge is -1.79. The molecule has 0 radical (unpaired) electrons. The van der Waals surface area contributed by atoms with Crippen molar-refractivity contribution in [2.45, 2.75) is 6.92 Å². The highest BCUT2D eigenvalue weighted by atomic mass is 127. The standard InChI is InChI=1S/C2H7IP2/c1-2-4-5-3/h4-5H,2H2,1H3. The van der Waals surface area contributed by atoms with Gasteiger partial charge in [0.1, 0.15) is 0 Å². The lowest BCUT2D eigenvalue weighted by Crippen LogP contribution is -1.42. The van der Waals surface area contributed by atoms with Crippen molar-refractivity contribution >= 4 is 36.2 Å². The first kappa shape index (κ1) is 6.59. The average molecular weight is 220 g/mol. The molecular weight excluding hydrogens is 213 g/mol. The summed E-state index contributed by atoms with van der Waals surface area (Å²) < 4.78 is 0. The van der Waals surface area contributed by atoms with Crippen LogP contribution in [-0.2, 0) is 0 Å². The van der Waals surface area contributed by atoms with Gasteiger partial charge in [-0.3, -0.25) is 0 Å². The molecule has 0 spiro atoms. The predicted molar refractivity (Wildman–Crippen MR) is 41.2 cm³/mol. The molecule has 0 aromatic rings. The van der Waals surface area contributed by atoms with Gasteiger partial charge in [-0.1, -0.05) is 37.2 Å². The molecule has 2 unspecified atom stereocenters. The summed E-state index contributed by atoms with van der Waals surface area (Å²) >= 11 is 2.43. The van der Waals surface area contributed by atoms with Gasteiger partial charge >= 0.3 is 0 Å². The predicted octanol–water partition coefficient (Wildman–Crippen LogP) is 2.63. The maximum absolute atomic E-state index is 2.43. The van der Waals surface area contributed by atoms with Crippen LogP contribution in [0.4, 0.5) is 0 Å². The third kappa shape index (κ3) is 5.59. The molecule has 3 heteroatoms. The zero-order valence-electron chi connectivity index (χ0n) is 3.09. The van der Waals surface area contributed by atoms with Crippen LogP contribution in [0.15, 0.2) is 0 Å². The van der Waals surface area contributed by atoms with E-state index in [-0.39, 0.29) is 0 Å². The van der Waals surface area contributed by atoms with Crippen molar-refractivity contribution in [2.24, 2.45) is 0 Å². The highest BCUT2D eigenvalue weighted by Crippen LogP contribution is 2.42. The Bertz CT molecular complexity index is 15.1. The molecule has 0 aliphatic carbocycles. The summed E-state index contributed by atoms with van der Waals surface area (Å²) in [4.78, 5) is 0. The Labute approximate surface area is 49.4 Å². The van der Waals surface area contributed by atoms with E-state index < -0.39 is 0 Å². The van der Waals surface area contributed by atoms with Gasteiger partial charge in [-0.25, -0.2) is 0 Å². The van der Waals surface area contributed by atoms with Crippen LogP contribution >= 0.6 is 36.2 Å². The van der Waals surface area contributed by atoms with Crippen molar-refractivity contribution in [1.29, 1.82) is 0 Å². The van der Waals surface area contributed by atoms with Crippen molar-refractivity contribution in [3.05, 3.63) is 0 Å². The normalized spacial score (nSPS) is 13.2. The van der Waals surface area contributed by atoms with E-state index in [9.17, 15) is 0 Å². The molecule has 2 atom stereocenters. The largest absolute Gasteiger partial charge is 0.0890 e. The average Bonchev–Trinajstić information content (AvgIpc) is 1.41. The Hall–Kier alpha value is 1.59. The number of hydrogen-bond acceptors (Lipinski definition) is 0. The fourth-order valence-electron chi connectivity index (χ4n) is 0.0668. The summed E-state index contributed by atoms with van der Waals surface area (Å²) in [5.41, 5.74) is 0. The Kier molecular flexibility index (Phi) is 7.37. The molecule has 0 fully saturated rings. The SMILES string of the molecule is CCPPI. The molecule has 0 aliphatic heterocycles. The zero-order chi connectivity index (χ0) is 4.12. The van der Waals surface area contributed by atoms with Gasteiger partial charge in [0.15, 0.2) is 0 Å². The highest BCUT2D eigenvalue weighted by molar-refractivity contribution is 14.2. The number of rotatable bonds is 2. The first-order chi connectivity index (χ1) is 2.41. The van der Waals surface area contributed by atoms with Gasteiger partial charge in [0.05, 0.1) is 0 Å². The van der Waals surface area contributed by atoms with Crippen molar-refractivity contribution in [3.8, 4) is 0 Å². The summed E-state index contributed by atoms with van der Waals surface area (Å²) in [6.45, 7) is 2.23. The second-order valence-electron chi connectivity index (χ2n) is 0.625. The van der Waals surface area contributed by atoms with Gasteiger partial charge in [-0.05, 0) is 12.1 Å². The smallest absolute Gasteiger partial charge is 0.0332 e. The van der Waals surface area contributed by atoms with Crippen LogP contribution in [0.2, 0.25) is 0 Å². The van der Waals surface area contributed by atoms with Crippen molar-refractivity contribution in [1.82, 2.24) is 0 Å². The molecule has 0 nitrogen and oxygen atoms in total. The lowest BCUT2D eigenvalue weighted by atomic mass is 11.0. The molecule has 32 valence electrons. The molecule has 0 N–H and O–H groups in total. The molecule has 0 aliphatic rings. The second-order valence-corrected chi connectivity index (χ2v) is 8.36. The van der Waals surface area contributed by atoms with E-state index in [1.807, 2.05) is 0 Å². The van der Waals surface area contributed by atoms with Crippen LogP contribution in [0.3, 0.4) is 0 Å². The third-order valence-electron chi connectivity index (χ3n) is 0.244. The topological polar surface area (TPSA) is 0 Å². The lowest BCUT2D eigenvalue weighted by molar-refractivity contribution is 1.53.